The van der Waals surface area contributed by atoms with Gasteiger partial charge in [-0.1, -0.05) is 6.07 Å². The molecule has 2 rings (SSSR count). The van der Waals surface area contributed by atoms with Crippen LogP contribution in [0.4, 0.5) is 0 Å². The van der Waals surface area contributed by atoms with Gasteiger partial charge in [0.2, 0.25) is 0 Å². The number of hydrogen-bond donors (Lipinski definition) is 0. The van der Waals surface area contributed by atoms with E-state index in [1.165, 1.54) is 0 Å². The van der Waals surface area contributed by atoms with Crippen LogP contribution in [0, 0.1) is 21.8 Å². The monoisotopic (exact) mass is 352 g/mol. The van der Waals surface area contributed by atoms with Crippen molar-refractivity contribution in [2.24, 2.45) is 0 Å². The fourth-order valence-electron chi connectivity index (χ4n) is 1.57. The third-order valence-corrected chi connectivity index (χ3v) is 3.27. The second kappa shape index (κ2) is 5.27. The molecule has 90 valence electrons. The van der Waals surface area contributed by atoms with Crippen molar-refractivity contribution in [1.29, 1.82) is 5.26 Å². The molecule has 18 heavy (non-hydrogen) atoms. The summed E-state index contributed by atoms with van der Waals surface area (Å²) in [6, 6.07) is 5.56. The summed E-state index contributed by atoms with van der Waals surface area (Å²) >= 11 is 1.95. The Morgan fingerprint density at radius 1 is 1.50 bits per heavy atom. The largest absolute Gasteiger partial charge is 0.291 e. The predicted octanol–water partition coefficient (Wildman–Crippen LogP) is 1.47. The van der Waals surface area contributed by atoms with E-state index in [9.17, 15) is 4.79 Å². The van der Waals surface area contributed by atoms with Crippen LogP contribution < -0.4 is 5.56 Å². The molecule has 0 spiro atoms. The molecule has 0 fully saturated rings. The molecule has 0 aliphatic rings. The molecule has 0 saturated heterocycles. The lowest BCUT2D eigenvalue weighted by atomic mass is 10.2. The number of pyridine rings is 1. The molecule has 2 heterocycles. The van der Waals surface area contributed by atoms with Crippen molar-refractivity contribution in [3.63, 3.8) is 0 Å². The minimum absolute atomic E-state index is 0.101. The van der Waals surface area contributed by atoms with Crippen molar-refractivity contribution < 1.29 is 0 Å². The molecule has 0 unspecified atom stereocenters. The minimum Gasteiger partial charge on any atom is -0.291 e. The average molecular weight is 352 g/mol. The maximum atomic E-state index is 12.0. The highest BCUT2D eigenvalue weighted by Crippen LogP contribution is 2.07. The van der Waals surface area contributed by atoms with Crippen LogP contribution >= 0.6 is 22.6 Å². The van der Waals surface area contributed by atoms with E-state index in [4.69, 9.17) is 5.26 Å². The zero-order valence-corrected chi connectivity index (χ0v) is 11.7. The van der Waals surface area contributed by atoms with Crippen molar-refractivity contribution >= 4 is 22.6 Å². The second-order valence-electron chi connectivity index (χ2n) is 3.67. The number of hydrogen-bond acceptors (Lipinski definition) is 4. The fourth-order valence-corrected chi connectivity index (χ4v) is 2.00. The molecule has 0 aliphatic carbocycles. The van der Waals surface area contributed by atoms with E-state index in [1.807, 2.05) is 28.7 Å². The molecular formula is C12H9IN4O. The zero-order chi connectivity index (χ0) is 13.1. The van der Waals surface area contributed by atoms with Gasteiger partial charge >= 0.3 is 0 Å². The van der Waals surface area contributed by atoms with Crippen LogP contribution in [0.5, 0.6) is 0 Å². The van der Waals surface area contributed by atoms with E-state index in [2.05, 4.69) is 9.97 Å². The van der Waals surface area contributed by atoms with Crippen molar-refractivity contribution in [2.75, 3.05) is 0 Å². The third-order valence-electron chi connectivity index (χ3n) is 2.53. The quantitative estimate of drug-likeness (QED) is 0.768. The van der Waals surface area contributed by atoms with Crippen molar-refractivity contribution in [3.05, 3.63) is 55.5 Å². The van der Waals surface area contributed by atoms with Crippen LogP contribution in [0.15, 0.2) is 29.3 Å². The van der Waals surface area contributed by atoms with E-state index in [0.29, 0.717) is 27.2 Å². The van der Waals surface area contributed by atoms with Crippen LogP contribution in [0.1, 0.15) is 17.1 Å². The first-order valence-corrected chi connectivity index (χ1v) is 6.27. The summed E-state index contributed by atoms with van der Waals surface area (Å²) < 4.78 is 2.10. The smallest absolute Gasteiger partial charge is 0.267 e. The molecule has 0 radical (unpaired) electrons. The van der Waals surface area contributed by atoms with E-state index in [0.717, 1.165) is 0 Å². The van der Waals surface area contributed by atoms with Gasteiger partial charge in [-0.2, -0.15) is 5.26 Å². The van der Waals surface area contributed by atoms with Gasteiger partial charge in [0.1, 0.15) is 17.6 Å². The minimum atomic E-state index is -0.101. The standard InChI is InChI=1S/C12H9IN4O/c1-8-16-6-10(13)12(18)17(8)7-9-3-2-4-15-11(9)5-14/h2-4,6H,7H2,1H3. The van der Waals surface area contributed by atoms with Gasteiger partial charge < -0.3 is 0 Å². The van der Waals surface area contributed by atoms with Crippen molar-refractivity contribution in [2.45, 2.75) is 13.5 Å². The Morgan fingerprint density at radius 3 is 3.00 bits per heavy atom. The molecular weight excluding hydrogens is 343 g/mol. The number of halogens is 1. The second-order valence-corrected chi connectivity index (χ2v) is 4.83. The molecule has 2 aromatic heterocycles. The van der Waals surface area contributed by atoms with Crippen LogP contribution in [0.25, 0.3) is 0 Å². The van der Waals surface area contributed by atoms with Gasteiger partial charge in [0.15, 0.2) is 0 Å². The van der Waals surface area contributed by atoms with Crippen molar-refractivity contribution in [3.8, 4) is 6.07 Å². The summed E-state index contributed by atoms with van der Waals surface area (Å²) in [7, 11) is 0. The Bertz CT molecular complexity index is 687. The molecule has 0 atom stereocenters. The Hall–Kier alpha value is -1.75. The average Bonchev–Trinajstić information content (AvgIpc) is 2.39. The summed E-state index contributed by atoms with van der Waals surface area (Å²) in [4.78, 5) is 20.1. The van der Waals surface area contributed by atoms with Gasteiger partial charge in [-0.3, -0.25) is 9.36 Å². The Labute approximate surface area is 117 Å². The first kappa shape index (κ1) is 12.7. The molecule has 5 nitrogen and oxygen atoms in total. The number of nitriles is 1. The SMILES string of the molecule is Cc1ncc(I)c(=O)n1Cc1cccnc1C#N. The number of nitrogens with zero attached hydrogens (tertiary/aromatic N) is 4. The highest BCUT2D eigenvalue weighted by Gasteiger charge is 2.09. The summed E-state index contributed by atoms with van der Waals surface area (Å²) in [6.45, 7) is 2.07. The summed E-state index contributed by atoms with van der Waals surface area (Å²) in [5, 5.41) is 8.97. The summed E-state index contributed by atoms with van der Waals surface area (Å²) in [5.41, 5.74) is 0.951. The normalized spacial score (nSPS) is 10.1. The van der Waals surface area contributed by atoms with Crippen LogP contribution in [-0.4, -0.2) is 14.5 Å². The lowest BCUT2D eigenvalue weighted by molar-refractivity contribution is 0.691. The molecule has 0 amide bonds. The van der Waals surface area contributed by atoms with Crippen LogP contribution in [-0.2, 0) is 6.54 Å². The third kappa shape index (κ3) is 2.41. The maximum Gasteiger partial charge on any atom is 0.267 e. The van der Waals surface area contributed by atoms with Gasteiger partial charge in [-0.15, -0.1) is 0 Å². The topological polar surface area (TPSA) is 71.6 Å². The Morgan fingerprint density at radius 2 is 2.28 bits per heavy atom. The highest BCUT2D eigenvalue weighted by molar-refractivity contribution is 14.1. The van der Waals surface area contributed by atoms with Gasteiger partial charge in [0, 0.05) is 18.0 Å². The first-order chi connectivity index (χ1) is 8.63. The first-order valence-electron chi connectivity index (χ1n) is 5.19. The van der Waals surface area contributed by atoms with Crippen LogP contribution in [0.2, 0.25) is 0 Å². The Kier molecular flexibility index (Phi) is 3.72. The predicted molar refractivity (Wildman–Crippen MR) is 74.0 cm³/mol. The highest BCUT2D eigenvalue weighted by atomic mass is 127. The Balaban J connectivity index is 2.51. The lowest BCUT2D eigenvalue weighted by Gasteiger charge is -2.09. The molecule has 2 aromatic rings. The van der Waals surface area contributed by atoms with E-state index in [-0.39, 0.29) is 5.56 Å². The number of aromatic nitrogens is 3. The van der Waals surface area contributed by atoms with E-state index in [1.54, 1.807) is 36.0 Å². The molecule has 0 N–H and O–H groups in total. The summed E-state index contributed by atoms with van der Waals surface area (Å²) in [5.74, 6) is 0.619. The molecule has 0 aliphatic heterocycles. The van der Waals surface area contributed by atoms with Gasteiger partial charge in [-0.05, 0) is 35.6 Å². The van der Waals surface area contributed by atoms with Gasteiger partial charge in [-0.25, -0.2) is 9.97 Å². The molecule has 0 saturated carbocycles. The zero-order valence-electron chi connectivity index (χ0n) is 9.59. The van der Waals surface area contributed by atoms with Gasteiger partial charge in [0.05, 0.1) is 10.1 Å². The number of rotatable bonds is 2. The molecule has 0 aromatic carbocycles. The van der Waals surface area contributed by atoms with Gasteiger partial charge in [0.25, 0.3) is 5.56 Å². The summed E-state index contributed by atoms with van der Waals surface area (Å²) in [6.07, 6.45) is 3.11. The molecule has 6 heteroatoms. The van der Waals surface area contributed by atoms with Crippen LogP contribution in [0.3, 0.4) is 0 Å². The number of aryl methyl sites for hydroxylation is 1. The van der Waals surface area contributed by atoms with E-state index < -0.39 is 0 Å². The lowest BCUT2D eigenvalue weighted by Crippen LogP contribution is -2.26. The maximum absolute atomic E-state index is 12.0. The van der Waals surface area contributed by atoms with E-state index >= 15 is 0 Å². The van der Waals surface area contributed by atoms with Crippen molar-refractivity contribution in [1.82, 2.24) is 14.5 Å². The fraction of sp³-hybridized carbons (Fsp3) is 0.167. The molecule has 0 bridgehead atoms.